The Hall–Kier alpha value is -4.76. The minimum absolute atomic E-state index is 0.0119. The maximum absolute atomic E-state index is 13.3. The van der Waals surface area contributed by atoms with E-state index in [4.69, 9.17) is 13.1 Å². The third-order valence-corrected chi connectivity index (χ3v) is 12.4. The smallest absolute Gasteiger partial charge is 0.419 e. The van der Waals surface area contributed by atoms with E-state index in [1.807, 2.05) is 88.4 Å². The molecular formula is C48H62N2O10S2. The molecule has 0 saturated carbocycles. The summed E-state index contributed by atoms with van der Waals surface area (Å²) in [5.41, 5.74) is 10.4. The van der Waals surface area contributed by atoms with Gasteiger partial charge in [0.15, 0.2) is 0 Å². The van der Waals surface area contributed by atoms with Crippen LogP contribution in [-0.2, 0) is 62.4 Å². The second-order valence-corrected chi connectivity index (χ2v) is 22.6. The number of anilines is 4. The Labute approximate surface area is 368 Å². The first-order valence-electron chi connectivity index (χ1n) is 20.6. The molecule has 0 fully saturated rings. The van der Waals surface area contributed by atoms with Crippen molar-refractivity contribution < 1.29 is 44.6 Å². The molecule has 14 heteroatoms. The molecular weight excluding hydrogens is 829 g/mol. The molecule has 1 N–H and O–H groups in total. The Kier molecular flexibility index (Phi) is 13.3. The van der Waals surface area contributed by atoms with Crippen LogP contribution in [0, 0.1) is 13.8 Å². The van der Waals surface area contributed by atoms with E-state index in [2.05, 4.69) is 61.5 Å². The highest BCUT2D eigenvalue weighted by Gasteiger charge is 2.43. The van der Waals surface area contributed by atoms with Crippen molar-refractivity contribution in [1.29, 1.82) is 0 Å². The molecule has 12 nitrogen and oxygen atoms in total. The third kappa shape index (κ3) is 10.5. The number of rotatable bonds is 8. The van der Waals surface area contributed by atoms with Crippen molar-refractivity contribution in [1.82, 2.24) is 0 Å². The lowest BCUT2D eigenvalue weighted by molar-refractivity contribution is 0.0597. The zero-order valence-electron chi connectivity index (χ0n) is 38.5. The van der Waals surface area contributed by atoms with E-state index in [0.717, 1.165) is 74.0 Å². The van der Waals surface area contributed by atoms with Gasteiger partial charge >= 0.3 is 12.2 Å². The molecule has 0 spiro atoms. The molecule has 2 aliphatic rings. The van der Waals surface area contributed by atoms with Crippen LogP contribution in [0.4, 0.5) is 32.3 Å². The molecule has 336 valence electrons. The van der Waals surface area contributed by atoms with Crippen molar-refractivity contribution in [3.05, 3.63) is 117 Å². The average Bonchev–Trinajstić information content (AvgIpc) is 3.10. The van der Waals surface area contributed by atoms with Crippen molar-refractivity contribution in [2.24, 2.45) is 0 Å². The predicted octanol–water partition coefficient (Wildman–Crippen LogP) is 10.5. The summed E-state index contributed by atoms with van der Waals surface area (Å²) < 4.78 is 60.6. The van der Waals surface area contributed by atoms with Gasteiger partial charge in [0, 0.05) is 10.8 Å². The van der Waals surface area contributed by atoms with Crippen LogP contribution in [0.5, 0.6) is 0 Å². The molecule has 0 aromatic heterocycles. The number of fused-ring (bicyclic) bond motifs is 4. The number of hydrogen-bond acceptors (Lipinski definition) is 9. The fourth-order valence-corrected chi connectivity index (χ4v) is 9.36. The van der Waals surface area contributed by atoms with E-state index in [0.29, 0.717) is 24.2 Å². The number of amides is 2. The number of aryl methyl sites for hydroxylation is 2. The minimum Gasteiger partial charge on any atom is -0.464 e. The summed E-state index contributed by atoms with van der Waals surface area (Å²) >= 11 is 0. The van der Waals surface area contributed by atoms with Crippen LogP contribution in [0.2, 0.25) is 0 Å². The van der Waals surface area contributed by atoms with Crippen LogP contribution in [-0.4, -0.2) is 65.5 Å². The SMILES string of the molecule is Cc1ccc2c(c1)C(C)(C)c1ccc(CCOS(C)(=O)=O)cc1N2C(=O)OC(C)(C)C.Cc1ccc2c(c1C(C)(C)C)C(C)(C)c1ccc(CCOS(C)(=O)=O)cc1N2C(=O)O. The number of carboxylic acid groups (broad SMARTS) is 1. The summed E-state index contributed by atoms with van der Waals surface area (Å²) in [5.74, 6) is 0. The van der Waals surface area contributed by atoms with E-state index >= 15 is 0 Å². The van der Waals surface area contributed by atoms with Crippen LogP contribution < -0.4 is 9.80 Å². The van der Waals surface area contributed by atoms with Gasteiger partial charge in [0.2, 0.25) is 0 Å². The number of hydrogen-bond donors (Lipinski definition) is 1. The van der Waals surface area contributed by atoms with E-state index < -0.39 is 43.4 Å². The largest absolute Gasteiger partial charge is 0.464 e. The first-order valence-corrected chi connectivity index (χ1v) is 24.2. The lowest BCUT2D eigenvalue weighted by atomic mass is 9.66. The lowest BCUT2D eigenvalue weighted by Gasteiger charge is -2.43. The highest BCUT2D eigenvalue weighted by atomic mass is 32.2. The van der Waals surface area contributed by atoms with Crippen LogP contribution >= 0.6 is 0 Å². The van der Waals surface area contributed by atoms with Crippen molar-refractivity contribution in [3.63, 3.8) is 0 Å². The third-order valence-electron chi connectivity index (χ3n) is 11.2. The molecule has 0 aliphatic carbocycles. The number of carbonyl (C=O) groups excluding carboxylic acids is 1. The maximum atomic E-state index is 13.3. The zero-order chi connectivity index (χ0) is 46.5. The average molecular weight is 891 g/mol. The molecule has 2 aliphatic heterocycles. The quantitative estimate of drug-likeness (QED) is 0.169. The van der Waals surface area contributed by atoms with Gasteiger partial charge in [-0.1, -0.05) is 96.5 Å². The molecule has 0 atom stereocenters. The highest BCUT2D eigenvalue weighted by molar-refractivity contribution is 7.86. The molecule has 4 aromatic rings. The lowest BCUT2D eigenvalue weighted by Crippen LogP contribution is -2.39. The highest BCUT2D eigenvalue weighted by Crippen LogP contribution is 2.53. The van der Waals surface area contributed by atoms with E-state index in [1.165, 1.54) is 4.90 Å². The van der Waals surface area contributed by atoms with Gasteiger partial charge in [-0.15, -0.1) is 0 Å². The van der Waals surface area contributed by atoms with Gasteiger partial charge in [0.1, 0.15) is 5.60 Å². The topological polar surface area (TPSA) is 157 Å². The van der Waals surface area contributed by atoms with Gasteiger partial charge in [-0.2, -0.15) is 16.8 Å². The Bertz CT molecular complexity index is 2620. The Morgan fingerprint density at radius 2 is 1.11 bits per heavy atom. The maximum Gasteiger partial charge on any atom is 0.419 e. The van der Waals surface area contributed by atoms with Gasteiger partial charge in [-0.25, -0.2) is 19.4 Å². The van der Waals surface area contributed by atoms with E-state index in [1.54, 1.807) is 4.90 Å². The summed E-state index contributed by atoms with van der Waals surface area (Å²) in [5, 5.41) is 10.2. The number of carbonyl (C=O) groups is 2. The Morgan fingerprint density at radius 3 is 1.58 bits per heavy atom. The standard InChI is InChI=1S/2C24H31NO5S/c1-16-8-11-20-19(14-16)24(5,6)18-10-9-17(12-13-29-31(7,27)28)15-21(18)25(20)22(26)30-23(2,3)4;1-15-8-11-18-21(20(15)23(2,3)4)24(5,6)17-10-9-16(12-13-30-31(7,28)29)14-19(17)25(18)22(26)27/h8-11,14-15H,12-13H2,1-7H3;8-11,14H,12-13H2,1-7H3,(H,26,27). The summed E-state index contributed by atoms with van der Waals surface area (Å²) in [6.07, 6.45) is 1.32. The van der Waals surface area contributed by atoms with Crippen LogP contribution in [0.3, 0.4) is 0 Å². The van der Waals surface area contributed by atoms with Crippen molar-refractivity contribution in [2.45, 2.75) is 118 Å². The first kappa shape index (κ1) is 48.3. The van der Waals surface area contributed by atoms with E-state index in [9.17, 15) is 31.5 Å². The molecule has 0 radical (unpaired) electrons. The molecule has 2 heterocycles. The molecule has 4 aromatic carbocycles. The second kappa shape index (κ2) is 17.1. The van der Waals surface area contributed by atoms with Crippen LogP contribution in [0.25, 0.3) is 0 Å². The van der Waals surface area contributed by atoms with Crippen molar-refractivity contribution in [2.75, 3.05) is 35.5 Å². The normalized spacial score (nSPS) is 15.3. The van der Waals surface area contributed by atoms with Gasteiger partial charge in [0.05, 0.1) is 48.5 Å². The summed E-state index contributed by atoms with van der Waals surface area (Å²) in [7, 11) is -7.03. The van der Waals surface area contributed by atoms with Crippen molar-refractivity contribution >= 4 is 55.2 Å². The van der Waals surface area contributed by atoms with Crippen LogP contribution in [0.15, 0.2) is 66.7 Å². The molecule has 6 rings (SSSR count). The van der Waals surface area contributed by atoms with Gasteiger partial charge < -0.3 is 9.84 Å². The summed E-state index contributed by atoms with van der Waals surface area (Å²) in [6.45, 7) is 24.7. The fourth-order valence-electron chi connectivity index (χ4n) is 8.59. The monoisotopic (exact) mass is 890 g/mol. The zero-order valence-corrected chi connectivity index (χ0v) is 40.1. The molecule has 2 amide bonds. The molecule has 0 unspecified atom stereocenters. The summed E-state index contributed by atoms with van der Waals surface area (Å²) in [6, 6.07) is 21.5. The van der Waals surface area contributed by atoms with Gasteiger partial charge in [0.25, 0.3) is 20.2 Å². The second-order valence-electron chi connectivity index (χ2n) is 19.4. The molecule has 0 saturated heterocycles. The van der Waals surface area contributed by atoms with E-state index in [-0.39, 0.29) is 24.0 Å². The van der Waals surface area contributed by atoms with Crippen molar-refractivity contribution in [3.8, 4) is 0 Å². The molecule has 0 bridgehead atoms. The predicted molar refractivity (Wildman–Crippen MR) is 246 cm³/mol. The first-order chi connectivity index (χ1) is 28.3. The fraction of sp³-hybridized carbons (Fsp3) is 0.458. The summed E-state index contributed by atoms with van der Waals surface area (Å²) in [4.78, 5) is 28.7. The Balaban J connectivity index is 0.000000234. The molecule has 62 heavy (non-hydrogen) atoms. The number of benzene rings is 4. The Morgan fingerprint density at radius 1 is 0.629 bits per heavy atom. The number of nitrogens with zero attached hydrogens (tertiary/aromatic N) is 2. The van der Waals surface area contributed by atoms with Gasteiger partial charge in [-0.3, -0.25) is 8.37 Å². The van der Waals surface area contributed by atoms with Crippen LogP contribution in [0.1, 0.15) is 119 Å². The minimum atomic E-state index is -3.52. The number of ether oxygens (including phenoxy) is 1. The van der Waals surface area contributed by atoms with Gasteiger partial charge in [-0.05, 0) is 122 Å².